The van der Waals surface area contributed by atoms with Crippen LogP contribution in [0.4, 0.5) is 0 Å². The molecule has 0 unspecified atom stereocenters. The fourth-order valence-corrected chi connectivity index (χ4v) is 1.76. The lowest BCUT2D eigenvalue weighted by Crippen LogP contribution is -2.16. The van der Waals surface area contributed by atoms with E-state index in [-0.39, 0.29) is 11.4 Å². The van der Waals surface area contributed by atoms with Crippen molar-refractivity contribution in [3.05, 3.63) is 49.6 Å². The SMILES string of the molecule is C=CCC(C=C)(C=C(C)C(=O)OCCC)CC=C. The molecule has 0 fully saturated rings. The number of ether oxygens (including phenoxy) is 1. The highest BCUT2D eigenvalue weighted by molar-refractivity contribution is 5.87. The van der Waals surface area contributed by atoms with Crippen LogP contribution in [-0.2, 0) is 9.53 Å². The predicted molar refractivity (Wildman–Crippen MR) is 77.3 cm³/mol. The lowest BCUT2D eigenvalue weighted by molar-refractivity contribution is -0.139. The minimum absolute atomic E-state index is 0.267. The van der Waals surface area contributed by atoms with Gasteiger partial charge < -0.3 is 4.74 Å². The van der Waals surface area contributed by atoms with Crippen LogP contribution in [0.2, 0.25) is 0 Å². The third kappa shape index (κ3) is 5.17. The second-order valence-electron chi connectivity index (χ2n) is 4.39. The van der Waals surface area contributed by atoms with Crippen molar-refractivity contribution in [1.82, 2.24) is 0 Å². The Balaban J connectivity index is 5.01. The zero-order valence-electron chi connectivity index (χ0n) is 11.6. The summed E-state index contributed by atoms with van der Waals surface area (Å²) in [5.41, 5.74) is 0.311. The van der Waals surface area contributed by atoms with Gasteiger partial charge in [-0.25, -0.2) is 4.79 Å². The molecule has 0 aromatic heterocycles. The minimum atomic E-state index is -0.293. The first-order valence-electron chi connectivity index (χ1n) is 6.27. The van der Waals surface area contributed by atoms with E-state index in [1.54, 1.807) is 6.92 Å². The van der Waals surface area contributed by atoms with Crippen molar-refractivity contribution in [1.29, 1.82) is 0 Å². The summed E-state index contributed by atoms with van der Waals surface area (Å²) >= 11 is 0. The lowest BCUT2D eigenvalue weighted by atomic mass is 9.79. The van der Waals surface area contributed by atoms with E-state index in [1.165, 1.54) is 0 Å². The molecule has 0 atom stereocenters. The Bertz CT molecular complexity index is 327. The monoisotopic (exact) mass is 248 g/mol. The highest BCUT2D eigenvalue weighted by Crippen LogP contribution is 2.32. The van der Waals surface area contributed by atoms with E-state index in [9.17, 15) is 4.79 Å². The van der Waals surface area contributed by atoms with Crippen LogP contribution in [0.1, 0.15) is 33.1 Å². The summed E-state index contributed by atoms with van der Waals surface area (Å²) in [4.78, 5) is 11.7. The van der Waals surface area contributed by atoms with Gasteiger partial charge in [0.05, 0.1) is 6.61 Å². The topological polar surface area (TPSA) is 26.3 Å². The quantitative estimate of drug-likeness (QED) is 0.347. The Labute approximate surface area is 111 Å². The van der Waals surface area contributed by atoms with Gasteiger partial charge in [-0.15, -0.1) is 19.7 Å². The Hall–Kier alpha value is -1.57. The maximum absolute atomic E-state index is 11.7. The molecule has 0 spiro atoms. The van der Waals surface area contributed by atoms with Crippen LogP contribution < -0.4 is 0 Å². The molecule has 0 aliphatic rings. The summed E-state index contributed by atoms with van der Waals surface area (Å²) in [6, 6.07) is 0. The number of hydrogen-bond donors (Lipinski definition) is 0. The second-order valence-corrected chi connectivity index (χ2v) is 4.39. The number of allylic oxidation sites excluding steroid dienone is 4. The maximum Gasteiger partial charge on any atom is 0.333 e. The molecule has 100 valence electrons. The molecule has 0 aromatic rings. The summed E-state index contributed by atoms with van der Waals surface area (Å²) in [7, 11) is 0. The van der Waals surface area contributed by atoms with Crippen LogP contribution in [0, 0.1) is 5.41 Å². The van der Waals surface area contributed by atoms with Crippen LogP contribution in [0.3, 0.4) is 0 Å². The molecular weight excluding hydrogens is 224 g/mol. The summed E-state index contributed by atoms with van der Waals surface area (Å²) in [5, 5.41) is 0. The van der Waals surface area contributed by atoms with Crippen LogP contribution in [-0.4, -0.2) is 12.6 Å². The molecule has 18 heavy (non-hydrogen) atoms. The van der Waals surface area contributed by atoms with E-state index in [4.69, 9.17) is 4.74 Å². The third-order valence-electron chi connectivity index (χ3n) is 2.72. The minimum Gasteiger partial charge on any atom is -0.462 e. The van der Waals surface area contributed by atoms with Gasteiger partial charge in [-0.2, -0.15) is 0 Å². The van der Waals surface area contributed by atoms with Gasteiger partial charge in [-0.1, -0.05) is 31.2 Å². The number of carbonyl (C=O) groups is 1. The van der Waals surface area contributed by atoms with Crippen molar-refractivity contribution in [2.45, 2.75) is 33.1 Å². The van der Waals surface area contributed by atoms with E-state index in [1.807, 2.05) is 31.2 Å². The average molecular weight is 248 g/mol. The first-order valence-corrected chi connectivity index (χ1v) is 6.27. The van der Waals surface area contributed by atoms with E-state index in [2.05, 4.69) is 19.7 Å². The molecule has 0 saturated carbocycles. The van der Waals surface area contributed by atoms with Gasteiger partial charge in [0, 0.05) is 11.0 Å². The van der Waals surface area contributed by atoms with E-state index in [0.29, 0.717) is 12.2 Å². The van der Waals surface area contributed by atoms with E-state index in [0.717, 1.165) is 19.3 Å². The van der Waals surface area contributed by atoms with Crippen LogP contribution in [0.5, 0.6) is 0 Å². The first-order chi connectivity index (χ1) is 8.55. The summed E-state index contributed by atoms with van der Waals surface area (Å²) in [5.74, 6) is -0.267. The Morgan fingerprint density at radius 1 is 1.22 bits per heavy atom. The highest BCUT2D eigenvalue weighted by Gasteiger charge is 2.22. The molecule has 0 rings (SSSR count). The molecule has 0 radical (unpaired) electrons. The fraction of sp³-hybridized carbons (Fsp3) is 0.438. The normalized spacial score (nSPS) is 11.8. The molecule has 2 heteroatoms. The van der Waals surface area contributed by atoms with E-state index < -0.39 is 0 Å². The number of esters is 1. The zero-order chi connectivity index (χ0) is 14.0. The molecule has 0 aliphatic carbocycles. The lowest BCUT2D eigenvalue weighted by Gasteiger charge is -2.25. The van der Waals surface area contributed by atoms with Crippen molar-refractivity contribution in [3.63, 3.8) is 0 Å². The van der Waals surface area contributed by atoms with Crippen LogP contribution in [0.15, 0.2) is 49.6 Å². The van der Waals surface area contributed by atoms with Gasteiger partial charge in [-0.3, -0.25) is 0 Å². The van der Waals surface area contributed by atoms with E-state index >= 15 is 0 Å². The third-order valence-corrected chi connectivity index (χ3v) is 2.72. The Morgan fingerprint density at radius 2 is 1.78 bits per heavy atom. The molecule has 0 saturated heterocycles. The van der Waals surface area contributed by atoms with Gasteiger partial charge in [0.1, 0.15) is 0 Å². The van der Waals surface area contributed by atoms with Crippen molar-refractivity contribution in [2.75, 3.05) is 6.61 Å². The molecule has 0 heterocycles. The van der Waals surface area contributed by atoms with Gasteiger partial charge in [-0.05, 0) is 26.2 Å². The molecule has 0 aliphatic heterocycles. The molecule has 0 bridgehead atoms. The molecule has 2 nitrogen and oxygen atoms in total. The molecular formula is C16H24O2. The van der Waals surface area contributed by atoms with Gasteiger partial charge in [0.15, 0.2) is 0 Å². The number of rotatable bonds is 9. The summed E-state index contributed by atoms with van der Waals surface area (Å²) in [6.07, 6.45) is 9.67. The molecule has 0 aromatic carbocycles. The fourth-order valence-electron chi connectivity index (χ4n) is 1.76. The Morgan fingerprint density at radius 3 is 2.17 bits per heavy atom. The second kappa shape index (κ2) is 8.51. The zero-order valence-corrected chi connectivity index (χ0v) is 11.6. The summed E-state index contributed by atoms with van der Waals surface area (Å²) in [6.45, 7) is 15.5. The predicted octanol–water partition coefficient (Wildman–Crippen LogP) is 4.21. The first kappa shape index (κ1) is 16.4. The molecule has 0 amide bonds. The number of carbonyl (C=O) groups excluding carboxylic acids is 1. The van der Waals surface area contributed by atoms with Crippen molar-refractivity contribution >= 4 is 5.97 Å². The van der Waals surface area contributed by atoms with Gasteiger partial charge in [0.25, 0.3) is 0 Å². The van der Waals surface area contributed by atoms with Gasteiger partial charge >= 0.3 is 5.97 Å². The highest BCUT2D eigenvalue weighted by atomic mass is 16.5. The largest absolute Gasteiger partial charge is 0.462 e. The van der Waals surface area contributed by atoms with Crippen molar-refractivity contribution in [2.24, 2.45) is 5.41 Å². The smallest absolute Gasteiger partial charge is 0.333 e. The molecule has 0 N–H and O–H groups in total. The maximum atomic E-state index is 11.7. The average Bonchev–Trinajstić information content (AvgIpc) is 2.36. The Kier molecular flexibility index (Phi) is 7.77. The van der Waals surface area contributed by atoms with Gasteiger partial charge in [0.2, 0.25) is 0 Å². The standard InChI is InChI=1S/C16H24O2/c1-6-10-16(9-4,11-7-2)13-14(5)15(17)18-12-8-3/h6-7,9,13H,1-2,4,8,10-12H2,3,5H3. The summed E-state index contributed by atoms with van der Waals surface area (Å²) < 4.78 is 5.11. The number of hydrogen-bond acceptors (Lipinski definition) is 2. The van der Waals surface area contributed by atoms with Crippen LogP contribution >= 0.6 is 0 Å². The van der Waals surface area contributed by atoms with Crippen molar-refractivity contribution in [3.8, 4) is 0 Å². The van der Waals surface area contributed by atoms with Crippen molar-refractivity contribution < 1.29 is 9.53 Å². The van der Waals surface area contributed by atoms with Crippen LogP contribution in [0.25, 0.3) is 0 Å².